The lowest BCUT2D eigenvalue weighted by molar-refractivity contribution is 0.824. The molecule has 0 aliphatic carbocycles. The summed E-state index contributed by atoms with van der Waals surface area (Å²) in [7, 11) is 0. The Labute approximate surface area is 146 Å². The molecule has 0 radical (unpaired) electrons. The highest BCUT2D eigenvalue weighted by atomic mass is 15.3. The smallest absolute Gasteiger partial charge is 0.234 e. The maximum absolute atomic E-state index is 4.44. The molecule has 0 fully saturated rings. The maximum Gasteiger partial charge on any atom is 0.234 e. The van der Waals surface area contributed by atoms with Crippen LogP contribution < -0.4 is 16.0 Å². The fraction of sp³-hybridized carbons (Fsp3) is 0.294. The standard InChI is InChI=1S/C17H22N8/c1-2-3-10-18-15-22-16(19-12-13-7-5-4-6-8-13)24-17(23-15)21-14-9-11-20-25-14/h4-9,11H,2-3,10,12H2,1H3,(H4,18,19,20,21,22,23,24,25). The van der Waals surface area contributed by atoms with Crippen LogP contribution in [0.5, 0.6) is 0 Å². The molecule has 0 unspecified atom stereocenters. The summed E-state index contributed by atoms with van der Waals surface area (Å²) in [6.07, 6.45) is 3.83. The minimum Gasteiger partial charge on any atom is -0.354 e. The van der Waals surface area contributed by atoms with Crippen LogP contribution in [-0.2, 0) is 6.54 Å². The lowest BCUT2D eigenvalue weighted by Crippen LogP contribution is -2.12. The first-order valence-corrected chi connectivity index (χ1v) is 8.37. The fourth-order valence-corrected chi connectivity index (χ4v) is 2.19. The Hall–Kier alpha value is -3.16. The molecule has 3 aromatic rings. The highest BCUT2D eigenvalue weighted by molar-refractivity contribution is 5.51. The molecule has 2 heterocycles. The number of H-pyrrole nitrogens is 1. The lowest BCUT2D eigenvalue weighted by atomic mass is 10.2. The van der Waals surface area contributed by atoms with Crippen LogP contribution in [0.4, 0.5) is 23.7 Å². The molecular formula is C17H22N8. The molecule has 8 nitrogen and oxygen atoms in total. The second-order valence-corrected chi connectivity index (χ2v) is 5.52. The van der Waals surface area contributed by atoms with Crippen molar-refractivity contribution >= 4 is 23.7 Å². The van der Waals surface area contributed by atoms with Crippen molar-refractivity contribution in [1.82, 2.24) is 25.1 Å². The van der Waals surface area contributed by atoms with Gasteiger partial charge in [0.1, 0.15) is 5.82 Å². The third-order valence-corrected chi connectivity index (χ3v) is 3.49. The number of hydrogen-bond acceptors (Lipinski definition) is 7. The summed E-state index contributed by atoms with van der Waals surface area (Å²) in [4.78, 5) is 13.3. The first-order chi connectivity index (χ1) is 12.3. The van der Waals surface area contributed by atoms with Gasteiger partial charge in [0.15, 0.2) is 0 Å². The van der Waals surface area contributed by atoms with Crippen molar-refractivity contribution in [1.29, 1.82) is 0 Å². The van der Waals surface area contributed by atoms with Crippen LogP contribution in [-0.4, -0.2) is 31.7 Å². The van der Waals surface area contributed by atoms with Gasteiger partial charge in [-0.15, -0.1) is 0 Å². The number of benzene rings is 1. The zero-order valence-corrected chi connectivity index (χ0v) is 14.2. The second-order valence-electron chi connectivity index (χ2n) is 5.52. The van der Waals surface area contributed by atoms with Gasteiger partial charge in [0.05, 0.1) is 6.20 Å². The van der Waals surface area contributed by atoms with E-state index in [-0.39, 0.29) is 0 Å². The van der Waals surface area contributed by atoms with Crippen molar-refractivity contribution < 1.29 is 0 Å². The number of nitrogens with zero attached hydrogens (tertiary/aromatic N) is 4. The Kier molecular flexibility index (Phi) is 5.76. The molecule has 0 bridgehead atoms. The van der Waals surface area contributed by atoms with E-state index in [9.17, 15) is 0 Å². The summed E-state index contributed by atoms with van der Waals surface area (Å²) in [5.74, 6) is 2.23. The number of anilines is 4. The Bertz CT molecular complexity index is 758. The van der Waals surface area contributed by atoms with Crippen molar-refractivity contribution in [3.8, 4) is 0 Å². The van der Waals surface area contributed by atoms with E-state index in [0.717, 1.165) is 30.8 Å². The van der Waals surface area contributed by atoms with Gasteiger partial charge in [0.25, 0.3) is 0 Å². The van der Waals surface area contributed by atoms with Crippen molar-refractivity contribution in [3.05, 3.63) is 48.2 Å². The SMILES string of the molecule is CCCCNc1nc(NCc2ccccc2)nc(Nc2ccn[nH]2)n1. The van der Waals surface area contributed by atoms with Crippen LogP contribution >= 0.6 is 0 Å². The van der Waals surface area contributed by atoms with Gasteiger partial charge in [-0.05, 0) is 12.0 Å². The predicted molar refractivity (Wildman–Crippen MR) is 98.9 cm³/mol. The lowest BCUT2D eigenvalue weighted by Gasteiger charge is -2.10. The molecule has 0 atom stereocenters. The van der Waals surface area contributed by atoms with E-state index in [0.29, 0.717) is 24.4 Å². The van der Waals surface area contributed by atoms with Crippen LogP contribution in [0.25, 0.3) is 0 Å². The summed E-state index contributed by atoms with van der Waals surface area (Å²) in [6, 6.07) is 11.9. The highest BCUT2D eigenvalue weighted by Crippen LogP contribution is 2.14. The molecule has 1 aromatic carbocycles. The number of aromatic nitrogens is 5. The van der Waals surface area contributed by atoms with Gasteiger partial charge in [-0.3, -0.25) is 5.10 Å². The van der Waals surface area contributed by atoms with Crippen molar-refractivity contribution in [2.24, 2.45) is 0 Å². The predicted octanol–water partition coefficient (Wildman–Crippen LogP) is 3.16. The monoisotopic (exact) mass is 338 g/mol. The van der Waals surface area contributed by atoms with E-state index in [2.05, 4.69) is 60.2 Å². The molecular weight excluding hydrogens is 316 g/mol. The molecule has 0 saturated heterocycles. The summed E-state index contributed by atoms with van der Waals surface area (Å²) >= 11 is 0. The molecule has 0 aliphatic heterocycles. The van der Waals surface area contributed by atoms with Gasteiger partial charge in [-0.1, -0.05) is 43.7 Å². The number of rotatable bonds is 9. The van der Waals surface area contributed by atoms with Crippen LogP contribution in [0.2, 0.25) is 0 Å². The maximum atomic E-state index is 4.44. The van der Waals surface area contributed by atoms with Gasteiger partial charge in [0.2, 0.25) is 17.8 Å². The number of aromatic amines is 1. The van der Waals surface area contributed by atoms with Gasteiger partial charge in [0, 0.05) is 19.2 Å². The van der Waals surface area contributed by atoms with Gasteiger partial charge < -0.3 is 16.0 Å². The molecule has 25 heavy (non-hydrogen) atoms. The van der Waals surface area contributed by atoms with E-state index in [1.807, 2.05) is 24.3 Å². The number of hydrogen-bond donors (Lipinski definition) is 4. The molecule has 0 saturated carbocycles. The van der Waals surface area contributed by atoms with E-state index in [4.69, 9.17) is 0 Å². The van der Waals surface area contributed by atoms with Crippen molar-refractivity contribution in [2.45, 2.75) is 26.3 Å². The second kappa shape index (κ2) is 8.62. The van der Waals surface area contributed by atoms with E-state index in [1.54, 1.807) is 6.20 Å². The molecule has 2 aromatic heterocycles. The third-order valence-electron chi connectivity index (χ3n) is 3.49. The summed E-state index contributed by atoms with van der Waals surface area (Å²) in [5.41, 5.74) is 1.16. The fourth-order valence-electron chi connectivity index (χ4n) is 2.19. The van der Waals surface area contributed by atoms with Crippen molar-refractivity contribution in [2.75, 3.05) is 22.5 Å². The van der Waals surface area contributed by atoms with Crippen LogP contribution in [0, 0.1) is 0 Å². The minimum absolute atomic E-state index is 0.453. The molecule has 0 spiro atoms. The molecule has 0 amide bonds. The summed E-state index contributed by atoms with van der Waals surface area (Å²) < 4.78 is 0. The topological polar surface area (TPSA) is 103 Å². The van der Waals surface area contributed by atoms with Crippen molar-refractivity contribution in [3.63, 3.8) is 0 Å². The quantitative estimate of drug-likeness (QED) is 0.444. The Morgan fingerprint density at radius 1 is 0.920 bits per heavy atom. The Morgan fingerprint density at radius 2 is 1.68 bits per heavy atom. The normalized spacial score (nSPS) is 10.4. The van der Waals surface area contributed by atoms with E-state index in [1.165, 1.54) is 0 Å². The van der Waals surface area contributed by atoms with Gasteiger partial charge in [-0.25, -0.2) is 0 Å². The number of unbranched alkanes of at least 4 members (excludes halogenated alkanes) is 1. The minimum atomic E-state index is 0.453. The average molecular weight is 338 g/mol. The molecule has 130 valence electrons. The first-order valence-electron chi connectivity index (χ1n) is 8.37. The van der Waals surface area contributed by atoms with Gasteiger partial charge in [-0.2, -0.15) is 20.1 Å². The highest BCUT2D eigenvalue weighted by Gasteiger charge is 2.07. The van der Waals surface area contributed by atoms with Crippen LogP contribution in [0.1, 0.15) is 25.3 Å². The van der Waals surface area contributed by atoms with Crippen LogP contribution in [0.3, 0.4) is 0 Å². The number of nitrogens with one attached hydrogen (secondary N) is 4. The molecule has 4 N–H and O–H groups in total. The molecule has 3 rings (SSSR count). The van der Waals surface area contributed by atoms with Crippen LogP contribution in [0.15, 0.2) is 42.6 Å². The Balaban J connectivity index is 1.73. The summed E-state index contributed by atoms with van der Waals surface area (Å²) in [5, 5.41) is 16.3. The van der Waals surface area contributed by atoms with Gasteiger partial charge >= 0.3 is 0 Å². The zero-order chi connectivity index (χ0) is 17.3. The third kappa shape index (κ3) is 5.17. The first kappa shape index (κ1) is 16.7. The Morgan fingerprint density at radius 3 is 2.40 bits per heavy atom. The summed E-state index contributed by atoms with van der Waals surface area (Å²) in [6.45, 7) is 3.61. The largest absolute Gasteiger partial charge is 0.354 e. The average Bonchev–Trinajstić information content (AvgIpc) is 3.14. The molecule has 8 heteroatoms. The zero-order valence-electron chi connectivity index (χ0n) is 14.2. The van der Waals surface area contributed by atoms with E-state index < -0.39 is 0 Å². The molecule has 0 aliphatic rings. The van der Waals surface area contributed by atoms with E-state index >= 15 is 0 Å².